The molecule has 2 spiro atoms. The van der Waals surface area contributed by atoms with Gasteiger partial charge >= 0.3 is 0 Å². The molecule has 4 rings (SSSR count). The van der Waals surface area contributed by atoms with Crippen LogP contribution in [0.5, 0.6) is 0 Å². The Labute approximate surface area is 165 Å². The van der Waals surface area contributed by atoms with Crippen molar-refractivity contribution < 1.29 is 14.3 Å². The topological polar surface area (TPSA) is 101 Å². The van der Waals surface area contributed by atoms with Crippen molar-refractivity contribution in [3.63, 3.8) is 0 Å². The van der Waals surface area contributed by atoms with Gasteiger partial charge in [0.25, 0.3) is 5.91 Å². The molecule has 0 bridgehead atoms. The first kappa shape index (κ1) is 18.9. The van der Waals surface area contributed by atoms with Crippen LogP contribution in [0.4, 0.5) is 0 Å². The Hall–Kier alpha value is -2.43. The maximum absolute atomic E-state index is 13.8. The normalized spacial score (nSPS) is 31.3. The van der Waals surface area contributed by atoms with Crippen LogP contribution in [-0.4, -0.2) is 50.2 Å². The minimum absolute atomic E-state index is 0.0910. The number of hydrogen-bond acceptors (Lipinski definition) is 6. The molecule has 1 fully saturated rings. The van der Waals surface area contributed by atoms with Crippen LogP contribution in [0, 0.1) is 16.7 Å². The lowest BCUT2D eigenvalue weighted by Gasteiger charge is -2.45. The number of nitrogens with two attached hydrogens (primary N) is 1. The van der Waals surface area contributed by atoms with Gasteiger partial charge in [0, 0.05) is 19.6 Å². The highest BCUT2D eigenvalue weighted by Gasteiger charge is 2.66. The Bertz CT molecular complexity index is 867. The van der Waals surface area contributed by atoms with Crippen molar-refractivity contribution in [3.05, 3.63) is 34.9 Å². The van der Waals surface area contributed by atoms with E-state index in [0.717, 1.165) is 43.2 Å². The van der Waals surface area contributed by atoms with Crippen molar-refractivity contribution >= 4 is 11.9 Å². The van der Waals surface area contributed by atoms with E-state index in [-0.39, 0.29) is 23.4 Å². The van der Waals surface area contributed by atoms with Crippen molar-refractivity contribution in [2.75, 3.05) is 27.4 Å². The predicted octanol–water partition coefficient (Wildman–Crippen LogP) is 1.69. The van der Waals surface area contributed by atoms with Crippen LogP contribution in [-0.2, 0) is 26.2 Å². The molecule has 3 aliphatic rings. The van der Waals surface area contributed by atoms with Crippen LogP contribution in [0.2, 0.25) is 0 Å². The first-order chi connectivity index (χ1) is 13.5. The Morgan fingerprint density at radius 1 is 1.36 bits per heavy atom. The molecule has 1 amide bonds. The standard InChI is InChI=1S/C21H26N4O3/c1-27-10-9-25-18(26)21(24-19(25)23)17-11-14(13-22)3-4-15(17)12-20(21)7-5-16(28-2)6-8-20/h3-4,11,16H,5-10,12H2,1-2H3,(H2,23,24)/t16?,20?,21-/m0/s1. The number of carbonyl (C=O) groups is 1. The highest BCUT2D eigenvalue weighted by Crippen LogP contribution is 2.61. The zero-order chi connectivity index (χ0) is 19.9. The summed E-state index contributed by atoms with van der Waals surface area (Å²) in [7, 11) is 3.34. The van der Waals surface area contributed by atoms with Crippen molar-refractivity contribution in [1.82, 2.24) is 4.90 Å². The summed E-state index contributed by atoms with van der Waals surface area (Å²) in [5.74, 6) is 0.150. The number of guanidine groups is 1. The fourth-order valence-electron chi connectivity index (χ4n) is 5.33. The minimum atomic E-state index is -1.05. The summed E-state index contributed by atoms with van der Waals surface area (Å²) in [5.41, 5.74) is 7.34. The van der Waals surface area contributed by atoms with Gasteiger partial charge in [-0.1, -0.05) is 6.07 Å². The minimum Gasteiger partial charge on any atom is -0.383 e. The van der Waals surface area contributed by atoms with E-state index in [0.29, 0.717) is 18.7 Å². The molecule has 0 radical (unpaired) electrons. The maximum atomic E-state index is 13.8. The molecule has 7 nitrogen and oxygen atoms in total. The van der Waals surface area contributed by atoms with Crippen molar-refractivity contribution in [2.45, 2.75) is 43.7 Å². The Balaban J connectivity index is 1.84. The molecular weight excluding hydrogens is 356 g/mol. The van der Waals surface area contributed by atoms with Crippen LogP contribution < -0.4 is 5.73 Å². The monoisotopic (exact) mass is 382 g/mol. The fourth-order valence-corrected chi connectivity index (χ4v) is 5.33. The van der Waals surface area contributed by atoms with E-state index in [9.17, 15) is 10.1 Å². The maximum Gasteiger partial charge on any atom is 0.262 e. The molecule has 0 aromatic heterocycles. The Morgan fingerprint density at radius 3 is 2.75 bits per heavy atom. The second kappa shape index (κ2) is 6.87. The van der Waals surface area contributed by atoms with Crippen molar-refractivity contribution in [3.8, 4) is 6.07 Å². The summed E-state index contributed by atoms with van der Waals surface area (Å²) >= 11 is 0. The van der Waals surface area contributed by atoms with Crippen LogP contribution >= 0.6 is 0 Å². The Kier molecular flexibility index (Phi) is 4.64. The molecule has 1 aromatic carbocycles. The zero-order valence-electron chi connectivity index (χ0n) is 16.4. The second-order valence-corrected chi connectivity index (χ2v) is 8.01. The molecule has 0 saturated heterocycles. The van der Waals surface area contributed by atoms with Gasteiger partial charge in [-0.25, -0.2) is 4.99 Å². The number of rotatable bonds is 4. The molecule has 1 aliphatic heterocycles. The number of fused-ring (bicyclic) bond motifs is 3. The van der Waals surface area contributed by atoms with E-state index in [4.69, 9.17) is 20.2 Å². The molecule has 1 aromatic rings. The molecule has 2 N–H and O–H groups in total. The highest BCUT2D eigenvalue weighted by molar-refractivity contribution is 6.08. The number of benzene rings is 1. The molecule has 7 heteroatoms. The molecule has 1 heterocycles. The summed E-state index contributed by atoms with van der Waals surface area (Å²) < 4.78 is 10.7. The van der Waals surface area contributed by atoms with Crippen LogP contribution in [0.1, 0.15) is 42.4 Å². The van der Waals surface area contributed by atoms with E-state index in [2.05, 4.69) is 6.07 Å². The van der Waals surface area contributed by atoms with Gasteiger partial charge in [0.05, 0.1) is 30.9 Å². The number of carbonyl (C=O) groups excluding carboxylic acids is 1. The zero-order valence-corrected chi connectivity index (χ0v) is 16.4. The third-order valence-electron chi connectivity index (χ3n) is 6.78. The van der Waals surface area contributed by atoms with Crippen LogP contribution in [0.25, 0.3) is 0 Å². The smallest absolute Gasteiger partial charge is 0.262 e. The quantitative estimate of drug-likeness (QED) is 0.854. The predicted molar refractivity (Wildman–Crippen MR) is 103 cm³/mol. The van der Waals surface area contributed by atoms with Crippen molar-refractivity contribution in [1.29, 1.82) is 5.26 Å². The van der Waals surface area contributed by atoms with Gasteiger partial charge in [0.1, 0.15) is 0 Å². The van der Waals surface area contributed by atoms with Gasteiger partial charge in [0.2, 0.25) is 0 Å². The van der Waals surface area contributed by atoms with Gasteiger partial charge < -0.3 is 15.2 Å². The molecule has 0 unspecified atom stereocenters. The SMILES string of the molecule is COCCN1C(=O)[C@@]2(N=C1N)c1cc(C#N)ccc1CC21CCC(OC)CC1. The molecule has 1 saturated carbocycles. The van der Waals surface area contributed by atoms with Gasteiger partial charge in [-0.15, -0.1) is 0 Å². The molecular formula is C21H26N4O3. The second-order valence-electron chi connectivity index (χ2n) is 8.01. The lowest BCUT2D eigenvalue weighted by Crippen LogP contribution is -2.52. The number of amides is 1. The summed E-state index contributed by atoms with van der Waals surface area (Å²) in [5, 5.41) is 9.42. The summed E-state index contributed by atoms with van der Waals surface area (Å²) in [6.45, 7) is 0.762. The number of nitriles is 1. The number of aliphatic imine (C=N–C) groups is 1. The number of nitrogens with zero attached hydrogens (tertiary/aromatic N) is 3. The molecule has 28 heavy (non-hydrogen) atoms. The lowest BCUT2D eigenvalue weighted by atomic mass is 9.61. The van der Waals surface area contributed by atoms with Gasteiger partial charge in [-0.3, -0.25) is 9.69 Å². The average Bonchev–Trinajstić information content (AvgIpc) is 3.12. The molecule has 2 aliphatic carbocycles. The van der Waals surface area contributed by atoms with E-state index in [1.54, 1.807) is 19.1 Å². The van der Waals surface area contributed by atoms with Gasteiger partial charge in [-0.2, -0.15) is 5.26 Å². The van der Waals surface area contributed by atoms with Crippen LogP contribution in [0.15, 0.2) is 23.2 Å². The number of hydrogen-bond donors (Lipinski definition) is 1. The van der Waals surface area contributed by atoms with E-state index < -0.39 is 5.54 Å². The molecule has 1 atom stereocenters. The first-order valence-corrected chi connectivity index (χ1v) is 9.74. The highest BCUT2D eigenvalue weighted by atomic mass is 16.5. The van der Waals surface area contributed by atoms with E-state index >= 15 is 0 Å². The number of methoxy groups -OCH3 is 2. The summed E-state index contributed by atoms with van der Waals surface area (Å²) in [4.78, 5) is 20.2. The Morgan fingerprint density at radius 2 is 2.11 bits per heavy atom. The van der Waals surface area contributed by atoms with E-state index in [1.807, 2.05) is 18.2 Å². The molecule has 148 valence electrons. The largest absolute Gasteiger partial charge is 0.383 e. The number of ether oxygens (including phenoxy) is 2. The fraction of sp³-hybridized carbons (Fsp3) is 0.571. The lowest BCUT2D eigenvalue weighted by molar-refractivity contribution is -0.138. The third kappa shape index (κ3) is 2.48. The van der Waals surface area contributed by atoms with Crippen molar-refractivity contribution in [2.24, 2.45) is 16.1 Å². The van der Waals surface area contributed by atoms with Gasteiger partial charge in [-0.05, 0) is 55.4 Å². The van der Waals surface area contributed by atoms with Gasteiger partial charge in [0.15, 0.2) is 11.5 Å². The first-order valence-electron chi connectivity index (χ1n) is 9.74. The van der Waals surface area contributed by atoms with Crippen LogP contribution in [0.3, 0.4) is 0 Å². The summed E-state index contributed by atoms with van der Waals surface area (Å²) in [6.07, 6.45) is 4.43. The van der Waals surface area contributed by atoms with E-state index in [1.165, 1.54) is 0 Å². The summed E-state index contributed by atoms with van der Waals surface area (Å²) in [6, 6.07) is 7.83. The third-order valence-corrected chi connectivity index (χ3v) is 6.78. The average molecular weight is 382 g/mol.